The number of carbonyl (C=O) groups is 1. The molecule has 0 aliphatic carbocycles. The smallest absolute Gasteiger partial charge is 0.237 e. The van der Waals surface area contributed by atoms with Gasteiger partial charge in [0.25, 0.3) is 0 Å². The predicted molar refractivity (Wildman–Crippen MR) is 128 cm³/mol. The number of likely N-dealkylation sites (tertiary alicyclic amines) is 1. The van der Waals surface area contributed by atoms with E-state index >= 15 is 0 Å². The Hall–Kier alpha value is -0.500. The Kier molecular flexibility index (Phi) is 11.8. The number of amides is 1. The Labute approximate surface area is 201 Å². The summed E-state index contributed by atoms with van der Waals surface area (Å²) in [6.45, 7) is 5.22. The van der Waals surface area contributed by atoms with Crippen LogP contribution in [-0.2, 0) is 9.53 Å². The highest BCUT2D eigenvalue weighted by Gasteiger charge is 2.48. The summed E-state index contributed by atoms with van der Waals surface area (Å²) in [7, 11) is 1.93. The lowest BCUT2D eigenvalue weighted by Crippen LogP contribution is -2.67. The van der Waals surface area contributed by atoms with Gasteiger partial charge in [-0.05, 0) is 58.4 Å². The standard InChI is InChI=1S/C22H44N4O6S/c1-5-7-13-10-14(26(3)11-13)21(31)25-16(12(2)24-15(27)8-6-9-23)20-18(29)17(28)19(30)22(32-20)33-4/h12-20,22,24,27-30H,5-11,23H2,1-4H3,(H,25,31)/t12-,13+,14-,15?,16+,17?,18?,19+,20+,22?/m0/s1. The molecule has 2 saturated heterocycles. The van der Waals surface area contributed by atoms with E-state index in [1.54, 1.807) is 13.2 Å². The van der Waals surface area contributed by atoms with Gasteiger partial charge in [0.15, 0.2) is 0 Å². The first-order valence-corrected chi connectivity index (χ1v) is 13.3. The topological polar surface area (TPSA) is 161 Å². The lowest BCUT2D eigenvalue weighted by Gasteiger charge is -2.45. The van der Waals surface area contributed by atoms with Crippen molar-refractivity contribution in [3.8, 4) is 0 Å². The molecule has 0 aromatic rings. The van der Waals surface area contributed by atoms with Crippen molar-refractivity contribution in [3.05, 3.63) is 0 Å². The number of likely N-dealkylation sites (N-methyl/N-ethyl adjacent to an activating group) is 1. The molecule has 0 saturated carbocycles. The maximum atomic E-state index is 13.3. The number of nitrogens with zero attached hydrogens (tertiary/aromatic N) is 1. The van der Waals surface area contributed by atoms with Crippen LogP contribution in [0.3, 0.4) is 0 Å². The number of carbonyl (C=O) groups excluding carboxylic acids is 1. The van der Waals surface area contributed by atoms with Crippen molar-refractivity contribution in [2.24, 2.45) is 11.7 Å². The molecule has 194 valence electrons. The second kappa shape index (κ2) is 13.6. The van der Waals surface area contributed by atoms with E-state index in [4.69, 9.17) is 10.5 Å². The molecule has 0 aromatic heterocycles. The molecule has 33 heavy (non-hydrogen) atoms. The average molecular weight is 493 g/mol. The summed E-state index contributed by atoms with van der Waals surface area (Å²) < 4.78 is 5.96. The first kappa shape index (κ1) is 28.7. The van der Waals surface area contributed by atoms with Crippen molar-refractivity contribution in [2.75, 3.05) is 26.4 Å². The fourth-order valence-electron chi connectivity index (χ4n) is 4.95. The Morgan fingerprint density at radius 1 is 1.27 bits per heavy atom. The van der Waals surface area contributed by atoms with Crippen LogP contribution >= 0.6 is 11.8 Å². The summed E-state index contributed by atoms with van der Waals surface area (Å²) in [5, 5.41) is 47.9. The summed E-state index contributed by atoms with van der Waals surface area (Å²) in [4.78, 5) is 15.4. The van der Waals surface area contributed by atoms with Crippen LogP contribution in [0.5, 0.6) is 0 Å². The highest BCUT2D eigenvalue weighted by atomic mass is 32.2. The highest BCUT2D eigenvalue weighted by Crippen LogP contribution is 2.30. The van der Waals surface area contributed by atoms with Crippen LogP contribution in [0.1, 0.15) is 46.0 Å². The monoisotopic (exact) mass is 492 g/mol. The maximum absolute atomic E-state index is 13.3. The number of hydrogen-bond donors (Lipinski definition) is 7. The number of nitrogens with two attached hydrogens (primary N) is 1. The van der Waals surface area contributed by atoms with Crippen molar-refractivity contribution in [3.63, 3.8) is 0 Å². The van der Waals surface area contributed by atoms with Gasteiger partial charge in [-0.25, -0.2) is 0 Å². The minimum Gasteiger partial charge on any atom is -0.388 e. The first-order valence-electron chi connectivity index (χ1n) is 12.0. The van der Waals surface area contributed by atoms with Crippen LogP contribution in [-0.4, -0.2) is 112 Å². The molecular formula is C22H44N4O6S. The highest BCUT2D eigenvalue weighted by molar-refractivity contribution is 7.99. The van der Waals surface area contributed by atoms with Gasteiger partial charge in [0.2, 0.25) is 5.91 Å². The van der Waals surface area contributed by atoms with Crippen molar-refractivity contribution in [1.29, 1.82) is 0 Å². The molecule has 2 aliphatic rings. The zero-order valence-electron chi connectivity index (χ0n) is 20.3. The molecule has 11 heteroatoms. The average Bonchev–Trinajstić information content (AvgIpc) is 3.15. The zero-order chi connectivity index (χ0) is 24.7. The minimum atomic E-state index is -1.42. The molecule has 10 atom stereocenters. The SMILES string of the molecule is CCC[C@@H]1C[C@@H](C(=O)N[C@H]([C@H](C)NC(O)CCCN)[C@H]2OC(SC)[C@H](O)C(O)C2O)N(C)C1. The molecule has 0 bridgehead atoms. The zero-order valence-corrected chi connectivity index (χ0v) is 21.1. The van der Waals surface area contributed by atoms with Gasteiger partial charge in [0.1, 0.15) is 36.1 Å². The second-order valence-electron chi connectivity index (χ2n) is 9.46. The van der Waals surface area contributed by atoms with E-state index < -0.39 is 48.2 Å². The molecule has 10 nitrogen and oxygen atoms in total. The van der Waals surface area contributed by atoms with E-state index in [2.05, 4.69) is 17.6 Å². The number of ether oxygens (including phenoxy) is 1. The molecule has 0 spiro atoms. The third-order valence-corrected chi connectivity index (χ3v) is 7.67. The predicted octanol–water partition coefficient (Wildman–Crippen LogP) is -1.20. The molecule has 2 aliphatic heterocycles. The van der Waals surface area contributed by atoms with Gasteiger partial charge in [-0.15, -0.1) is 11.8 Å². The summed E-state index contributed by atoms with van der Waals surface area (Å²) in [5.41, 5.74) is 4.78. The summed E-state index contributed by atoms with van der Waals surface area (Å²) >= 11 is 1.22. The molecule has 4 unspecified atom stereocenters. The molecular weight excluding hydrogens is 448 g/mol. The number of thioether (sulfide) groups is 1. The van der Waals surface area contributed by atoms with Gasteiger partial charge in [-0.2, -0.15) is 0 Å². The second-order valence-corrected chi connectivity index (χ2v) is 10.4. The summed E-state index contributed by atoms with van der Waals surface area (Å²) in [6, 6.07) is -1.55. The van der Waals surface area contributed by atoms with Gasteiger partial charge < -0.3 is 36.2 Å². The van der Waals surface area contributed by atoms with E-state index in [-0.39, 0.29) is 11.9 Å². The van der Waals surface area contributed by atoms with E-state index in [9.17, 15) is 25.2 Å². The maximum Gasteiger partial charge on any atom is 0.237 e. The molecule has 2 fully saturated rings. The Morgan fingerprint density at radius 3 is 2.58 bits per heavy atom. The van der Waals surface area contributed by atoms with Crippen molar-refractivity contribution < 1.29 is 30.0 Å². The fourth-order valence-corrected chi connectivity index (χ4v) is 5.63. The first-order chi connectivity index (χ1) is 15.6. The normalized spacial score (nSPS) is 35.8. The van der Waals surface area contributed by atoms with Crippen LogP contribution in [0.15, 0.2) is 0 Å². The largest absolute Gasteiger partial charge is 0.388 e. The van der Waals surface area contributed by atoms with E-state index in [1.807, 2.05) is 11.9 Å². The van der Waals surface area contributed by atoms with Crippen LogP contribution in [0, 0.1) is 5.92 Å². The van der Waals surface area contributed by atoms with Crippen LogP contribution in [0.25, 0.3) is 0 Å². The molecule has 8 N–H and O–H groups in total. The van der Waals surface area contributed by atoms with Gasteiger partial charge in [0, 0.05) is 12.6 Å². The molecule has 1 amide bonds. The van der Waals surface area contributed by atoms with Crippen molar-refractivity contribution in [2.45, 2.75) is 100 Å². The summed E-state index contributed by atoms with van der Waals surface area (Å²) in [6.07, 6.45) is -0.216. The van der Waals surface area contributed by atoms with E-state index in [1.165, 1.54) is 11.8 Å². The van der Waals surface area contributed by atoms with Crippen LogP contribution in [0.2, 0.25) is 0 Å². The van der Waals surface area contributed by atoms with Crippen LogP contribution in [0.4, 0.5) is 0 Å². The number of aliphatic hydroxyl groups is 4. The lowest BCUT2D eigenvalue weighted by molar-refractivity contribution is -0.207. The third kappa shape index (κ3) is 7.49. The number of hydrogen-bond acceptors (Lipinski definition) is 10. The van der Waals surface area contributed by atoms with Gasteiger partial charge in [-0.3, -0.25) is 15.0 Å². The van der Waals surface area contributed by atoms with E-state index in [0.29, 0.717) is 25.3 Å². The number of rotatable bonds is 12. The van der Waals surface area contributed by atoms with Gasteiger partial charge >= 0.3 is 0 Å². The van der Waals surface area contributed by atoms with Gasteiger partial charge in [-0.1, -0.05) is 13.3 Å². The Bertz CT molecular complexity index is 603. The quantitative estimate of drug-likeness (QED) is 0.165. The third-order valence-electron chi connectivity index (χ3n) is 6.81. The van der Waals surface area contributed by atoms with Crippen molar-refractivity contribution in [1.82, 2.24) is 15.5 Å². The molecule has 2 heterocycles. The lowest BCUT2D eigenvalue weighted by atomic mass is 9.90. The van der Waals surface area contributed by atoms with Crippen molar-refractivity contribution >= 4 is 17.7 Å². The molecule has 0 radical (unpaired) electrons. The van der Waals surface area contributed by atoms with Crippen LogP contribution < -0.4 is 16.4 Å². The van der Waals surface area contributed by atoms with E-state index in [0.717, 1.165) is 25.8 Å². The fraction of sp³-hybridized carbons (Fsp3) is 0.955. The molecule has 2 rings (SSSR count). The number of nitrogens with one attached hydrogen (secondary N) is 2. The summed E-state index contributed by atoms with van der Waals surface area (Å²) in [5.74, 6) is 0.278. The number of aliphatic hydroxyl groups excluding tert-OH is 4. The minimum absolute atomic E-state index is 0.177. The Balaban J connectivity index is 2.20. The van der Waals surface area contributed by atoms with Gasteiger partial charge in [0.05, 0.1) is 12.1 Å². The Morgan fingerprint density at radius 2 is 1.97 bits per heavy atom. The molecule has 0 aromatic carbocycles.